The number of aromatic nitrogens is 2. The van der Waals surface area contributed by atoms with Gasteiger partial charge in [-0.25, -0.2) is 4.98 Å². The first-order valence-corrected chi connectivity index (χ1v) is 8.77. The molecule has 1 atom stereocenters. The molecule has 1 aliphatic rings. The molecule has 2 amide bonds. The molecule has 2 N–H and O–H groups in total. The van der Waals surface area contributed by atoms with Crippen LogP contribution in [-0.2, 0) is 9.59 Å². The smallest absolute Gasteiger partial charge is 0.246 e. The quantitative estimate of drug-likeness (QED) is 0.832. The number of carbonyl (C=O) groups is 2. The first kappa shape index (κ1) is 17.8. The molecule has 0 aliphatic heterocycles. The van der Waals surface area contributed by atoms with Gasteiger partial charge in [0.2, 0.25) is 17.7 Å². The molecule has 1 aromatic heterocycles. The van der Waals surface area contributed by atoms with Gasteiger partial charge in [0.05, 0.1) is 6.20 Å². The molecule has 0 unspecified atom stereocenters. The fraction of sp³-hybridized carbons (Fsp3) is 0.368. The van der Waals surface area contributed by atoms with Crippen LogP contribution in [0.5, 0.6) is 11.6 Å². The minimum Gasteiger partial charge on any atom is -0.437 e. The summed E-state index contributed by atoms with van der Waals surface area (Å²) in [5, 5.41) is 5.59. The van der Waals surface area contributed by atoms with E-state index in [0.717, 1.165) is 25.7 Å². The Labute approximate surface area is 152 Å². The Morgan fingerprint density at radius 1 is 1.23 bits per heavy atom. The number of nitrogens with zero attached hydrogens (tertiary/aromatic N) is 2. The van der Waals surface area contributed by atoms with Gasteiger partial charge in [-0.1, -0.05) is 18.9 Å². The molecular weight excluding hydrogens is 332 g/mol. The van der Waals surface area contributed by atoms with Crippen molar-refractivity contribution in [2.75, 3.05) is 5.32 Å². The highest BCUT2D eigenvalue weighted by Crippen LogP contribution is 2.25. The van der Waals surface area contributed by atoms with Crippen molar-refractivity contribution < 1.29 is 14.3 Å². The van der Waals surface area contributed by atoms with Crippen LogP contribution in [0.1, 0.15) is 32.6 Å². The largest absolute Gasteiger partial charge is 0.437 e. The molecular formula is C19H22N4O3. The van der Waals surface area contributed by atoms with Gasteiger partial charge in [-0.2, -0.15) is 0 Å². The first-order chi connectivity index (χ1) is 12.6. The van der Waals surface area contributed by atoms with E-state index in [1.807, 2.05) is 0 Å². The third-order valence-electron chi connectivity index (χ3n) is 4.34. The zero-order valence-electron chi connectivity index (χ0n) is 14.6. The SMILES string of the molecule is C[C@H](NC(=O)C1CCCC1)C(=O)Nc1cccc(Oc2cnccn2)c1. The van der Waals surface area contributed by atoms with Crippen LogP contribution in [0.2, 0.25) is 0 Å². The highest BCUT2D eigenvalue weighted by atomic mass is 16.5. The Morgan fingerprint density at radius 2 is 2.04 bits per heavy atom. The van der Waals surface area contributed by atoms with E-state index >= 15 is 0 Å². The summed E-state index contributed by atoms with van der Waals surface area (Å²) in [5.74, 6) is 0.631. The van der Waals surface area contributed by atoms with Gasteiger partial charge in [-0.3, -0.25) is 14.6 Å². The summed E-state index contributed by atoms with van der Waals surface area (Å²) in [4.78, 5) is 32.5. The second-order valence-corrected chi connectivity index (χ2v) is 6.37. The predicted octanol–water partition coefficient (Wildman–Crippen LogP) is 2.90. The van der Waals surface area contributed by atoms with Gasteiger partial charge in [0.15, 0.2) is 0 Å². The van der Waals surface area contributed by atoms with Crippen LogP contribution in [-0.4, -0.2) is 27.8 Å². The lowest BCUT2D eigenvalue weighted by molar-refractivity contribution is -0.128. The van der Waals surface area contributed by atoms with Gasteiger partial charge < -0.3 is 15.4 Å². The van der Waals surface area contributed by atoms with Crippen LogP contribution in [0, 0.1) is 5.92 Å². The molecule has 0 saturated heterocycles. The average Bonchev–Trinajstić information content (AvgIpc) is 3.17. The van der Waals surface area contributed by atoms with E-state index in [-0.39, 0.29) is 17.7 Å². The van der Waals surface area contributed by atoms with Gasteiger partial charge >= 0.3 is 0 Å². The molecule has 2 aromatic rings. The third kappa shape index (κ3) is 4.78. The van der Waals surface area contributed by atoms with E-state index in [2.05, 4.69) is 20.6 Å². The Morgan fingerprint density at radius 3 is 2.77 bits per heavy atom. The molecule has 26 heavy (non-hydrogen) atoms. The molecule has 0 spiro atoms. The molecule has 1 heterocycles. The summed E-state index contributed by atoms with van der Waals surface area (Å²) in [7, 11) is 0. The molecule has 1 saturated carbocycles. The molecule has 3 rings (SSSR count). The molecule has 0 bridgehead atoms. The highest BCUT2D eigenvalue weighted by molar-refractivity contribution is 5.97. The number of amides is 2. The lowest BCUT2D eigenvalue weighted by Crippen LogP contribution is -2.43. The van der Waals surface area contributed by atoms with E-state index in [4.69, 9.17) is 4.74 Å². The van der Waals surface area contributed by atoms with Crippen molar-refractivity contribution in [2.45, 2.75) is 38.6 Å². The fourth-order valence-electron chi connectivity index (χ4n) is 2.93. The first-order valence-electron chi connectivity index (χ1n) is 8.77. The number of anilines is 1. The second-order valence-electron chi connectivity index (χ2n) is 6.37. The van der Waals surface area contributed by atoms with Crippen LogP contribution in [0.3, 0.4) is 0 Å². The Balaban J connectivity index is 1.56. The van der Waals surface area contributed by atoms with Crippen LogP contribution in [0.4, 0.5) is 5.69 Å². The van der Waals surface area contributed by atoms with Crippen LogP contribution >= 0.6 is 0 Å². The monoisotopic (exact) mass is 354 g/mol. The van der Waals surface area contributed by atoms with Gasteiger partial charge in [0.25, 0.3) is 0 Å². The van der Waals surface area contributed by atoms with Crippen molar-refractivity contribution in [2.24, 2.45) is 5.92 Å². The van der Waals surface area contributed by atoms with Crippen LogP contribution in [0.25, 0.3) is 0 Å². The fourth-order valence-corrected chi connectivity index (χ4v) is 2.93. The predicted molar refractivity (Wildman–Crippen MR) is 96.7 cm³/mol. The zero-order valence-corrected chi connectivity index (χ0v) is 14.6. The molecule has 1 fully saturated rings. The van der Waals surface area contributed by atoms with E-state index in [1.165, 1.54) is 12.4 Å². The number of rotatable bonds is 6. The van der Waals surface area contributed by atoms with Crippen molar-refractivity contribution >= 4 is 17.5 Å². The van der Waals surface area contributed by atoms with Crippen molar-refractivity contribution in [3.05, 3.63) is 42.9 Å². The number of benzene rings is 1. The van der Waals surface area contributed by atoms with E-state index in [9.17, 15) is 9.59 Å². The Kier molecular flexibility index (Phi) is 5.78. The minimum absolute atomic E-state index is 0.0361. The van der Waals surface area contributed by atoms with Crippen LogP contribution < -0.4 is 15.4 Å². The number of ether oxygens (including phenoxy) is 1. The summed E-state index contributed by atoms with van der Waals surface area (Å²) in [6, 6.07) is 6.37. The summed E-state index contributed by atoms with van der Waals surface area (Å²) < 4.78 is 5.60. The van der Waals surface area contributed by atoms with Crippen molar-refractivity contribution in [3.8, 4) is 11.6 Å². The highest BCUT2D eigenvalue weighted by Gasteiger charge is 2.25. The Hall–Kier alpha value is -2.96. The second kappa shape index (κ2) is 8.42. The van der Waals surface area contributed by atoms with Crippen molar-refractivity contribution in [3.63, 3.8) is 0 Å². The van der Waals surface area contributed by atoms with Gasteiger partial charge in [0, 0.05) is 30.1 Å². The van der Waals surface area contributed by atoms with Gasteiger partial charge in [-0.05, 0) is 31.9 Å². The lowest BCUT2D eigenvalue weighted by atomic mass is 10.1. The third-order valence-corrected chi connectivity index (χ3v) is 4.34. The van der Waals surface area contributed by atoms with Crippen LogP contribution in [0.15, 0.2) is 42.9 Å². The molecule has 136 valence electrons. The van der Waals surface area contributed by atoms with Crippen molar-refractivity contribution in [1.29, 1.82) is 0 Å². The number of nitrogens with one attached hydrogen (secondary N) is 2. The van der Waals surface area contributed by atoms with Crippen molar-refractivity contribution in [1.82, 2.24) is 15.3 Å². The molecule has 7 nitrogen and oxygen atoms in total. The molecule has 7 heteroatoms. The zero-order chi connectivity index (χ0) is 18.4. The maximum atomic E-state index is 12.3. The van der Waals surface area contributed by atoms with E-state index in [0.29, 0.717) is 17.3 Å². The van der Waals surface area contributed by atoms with Gasteiger partial charge in [0.1, 0.15) is 11.8 Å². The summed E-state index contributed by atoms with van der Waals surface area (Å²) in [5.41, 5.74) is 0.582. The van der Waals surface area contributed by atoms with Gasteiger partial charge in [-0.15, -0.1) is 0 Å². The minimum atomic E-state index is -0.604. The summed E-state index contributed by atoms with van der Waals surface area (Å²) >= 11 is 0. The number of hydrogen-bond donors (Lipinski definition) is 2. The maximum absolute atomic E-state index is 12.3. The summed E-state index contributed by atoms with van der Waals surface area (Å²) in [6.45, 7) is 1.68. The average molecular weight is 354 g/mol. The number of hydrogen-bond acceptors (Lipinski definition) is 5. The molecule has 0 radical (unpaired) electrons. The topological polar surface area (TPSA) is 93.2 Å². The molecule has 1 aromatic carbocycles. The Bertz CT molecular complexity index is 760. The maximum Gasteiger partial charge on any atom is 0.246 e. The number of carbonyl (C=O) groups excluding carboxylic acids is 2. The van der Waals surface area contributed by atoms with E-state index in [1.54, 1.807) is 37.4 Å². The standard InChI is InChI=1S/C19H22N4O3/c1-13(22-19(25)14-5-2-3-6-14)18(24)23-15-7-4-8-16(11-15)26-17-12-20-9-10-21-17/h4,7-14H,2-3,5-6H2,1H3,(H,22,25)(H,23,24)/t13-/m0/s1. The molecule has 1 aliphatic carbocycles. The lowest BCUT2D eigenvalue weighted by Gasteiger charge is -2.17. The normalized spacial score (nSPS) is 15.3. The van der Waals surface area contributed by atoms with E-state index < -0.39 is 6.04 Å². The summed E-state index contributed by atoms with van der Waals surface area (Å²) in [6.07, 6.45) is 8.57.